The van der Waals surface area contributed by atoms with Crippen LogP contribution in [0, 0.1) is 0 Å². The van der Waals surface area contributed by atoms with Crippen LogP contribution in [0.5, 0.6) is 0 Å². The van der Waals surface area contributed by atoms with Gasteiger partial charge < -0.3 is 11.1 Å². The first-order valence-corrected chi connectivity index (χ1v) is 8.60. The van der Waals surface area contributed by atoms with E-state index in [4.69, 9.17) is 5.73 Å². The van der Waals surface area contributed by atoms with E-state index in [1.54, 1.807) is 0 Å². The average Bonchev–Trinajstić information content (AvgIpc) is 3.01. The summed E-state index contributed by atoms with van der Waals surface area (Å²) >= 11 is 1.52. The molecule has 1 amide bonds. The van der Waals surface area contributed by atoms with Crippen molar-refractivity contribution in [3.05, 3.63) is 52.0 Å². The predicted octanol–water partition coefficient (Wildman–Crippen LogP) is 3.82. The average molecular weight is 390 g/mol. The van der Waals surface area contributed by atoms with Crippen molar-refractivity contribution in [3.63, 3.8) is 0 Å². The highest BCUT2D eigenvalue weighted by molar-refractivity contribution is 7.09. The third-order valence-corrected chi connectivity index (χ3v) is 4.36. The second kappa shape index (κ2) is 12.3. The molecular formula is C17H25Cl2N3OS. The van der Waals surface area contributed by atoms with Crippen molar-refractivity contribution in [1.29, 1.82) is 0 Å². The van der Waals surface area contributed by atoms with Crippen molar-refractivity contribution >= 4 is 42.1 Å². The lowest BCUT2D eigenvalue weighted by Crippen LogP contribution is -2.40. The fraction of sp³-hybridized carbons (Fsp3) is 0.412. The number of carbonyl (C=O) groups excluding carboxylic acids is 1. The Labute approximate surface area is 160 Å². The smallest absolute Gasteiger partial charge is 0.271 e. The molecule has 0 aliphatic rings. The number of nitrogens with zero attached hydrogens (tertiary/aromatic N) is 1. The Morgan fingerprint density at radius 2 is 2.00 bits per heavy atom. The Hall–Kier alpha value is -1.14. The van der Waals surface area contributed by atoms with Crippen molar-refractivity contribution in [2.24, 2.45) is 5.73 Å². The topological polar surface area (TPSA) is 68.0 Å². The molecular weight excluding hydrogens is 365 g/mol. The lowest BCUT2D eigenvalue weighted by atomic mass is 10.1. The van der Waals surface area contributed by atoms with E-state index in [0.717, 1.165) is 30.7 Å². The number of rotatable bonds is 8. The van der Waals surface area contributed by atoms with Gasteiger partial charge in [0.2, 0.25) is 0 Å². The van der Waals surface area contributed by atoms with E-state index in [0.29, 0.717) is 12.2 Å². The molecule has 0 saturated heterocycles. The number of amides is 1. The summed E-state index contributed by atoms with van der Waals surface area (Å²) in [7, 11) is 0. The Morgan fingerprint density at radius 3 is 2.62 bits per heavy atom. The van der Waals surface area contributed by atoms with Gasteiger partial charge in [0.25, 0.3) is 5.91 Å². The molecule has 1 atom stereocenters. The molecule has 0 aliphatic carbocycles. The SMILES string of the molecule is CCCCC(CN)NC(=O)c1csc(Cc2ccccc2)n1.Cl.Cl. The number of unbranched alkanes of at least 4 members (excludes halogenated alkanes) is 1. The number of nitrogens with one attached hydrogen (secondary N) is 1. The highest BCUT2D eigenvalue weighted by atomic mass is 35.5. The minimum absolute atomic E-state index is 0. The van der Waals surface area contributed by atoms with Gasteiger partial charge in [-0.25, -0.2) is 4.98 Å². The molecule has 2 rings (SSSR count). The third kappa shape index (κ3) is 7.18. The lowest BCUT2D eigenvalue weighted by molar-refractivity contribution is 0.0931. The van der Waals surface area contributed by atoms with Gasteiger partial charge in [-0.3, -0.25) is 4.79 Å². The molecule has 3 N–H and O–H groups in total. The van der Waals surface area contributed by atoms with Gasteiger partial charge in [0.15, 0.2) is 0 Å². The van der Waals surface area contributed by atoms with Gasteiger partial charge in [0.05, 0.1) is 5.01 Å². The molecule has 0 radical (unpaired) electrons. The molecule has 4 nitrogen and oxygen atoms in total. The highest BCUT2D eigenvalue weighted by Gasteiger charge is 2.15. The van der Waals surface area contributed by atoms with Crippen LogP contribution >= 0.6 is 36.2 Å². The van der Waals surface area contributed by atoms with Gasteiger partial charge in [0.1, 0.15) is 5.69 Å². The highest BCUT2D eigenvalue weighted by Crippen LogP contribution is 2.15. The zero-order valence-electron chi connectivity index (χ0n) is 13.7. The summed E-state index contributed by atoms with van der Waals surface area (Å²) in [4.78, 5) is 16.7. The normalized spacial score (nSPS) is 11.1. The summed E-state index contributed by atoms with van der Waals surface area (Å²) in [5.41, 5.74) is 7.41. The molecule has 1 aromatic heterocycles. The van der Waals surface area contributed by atoms with Gasteiger partial charge in [-0.2, -0.15) is 0 Å². The lowest BCUT2D eigenvalue weighted by Gasteiger charge is -2.15. The zero-order valence-corrected chi connectivity index (χ0v) is 16.2. The Bertz CT molecular complexity index is 593. The van der Waals surface area contributed by atoms with Crippen molar-refractivity contribution in [2.75, 3.05) is 6.54 Å². The van der Waals surface area contributed by atoms with Crippen LogP contribution in [0.3, 0.4) is 0 Å². The minimum atomic E-state index is -0.123. The van der Waals surface area contributed by atoms with Gasteiger partial charge in [0, 0.05) is 24.4 Å². The molecule has 24 heavy (non-hydrogen) atoms. The molecule has 0 bridgehead atoms. The number of benzene rings is 1. The maximum atomic E-state index is 12.2. The van der Waals surface area contributed by atoms with E-state index in [9.17, 15) is 4.79 Å². The van der Waals surface area contributed by atoms with Crippen LogP contribution in [0.15, 0.2) is 35.7 Å². The second-order valence-corrected chi connectivity index (χ2v) is 6.28. The zero-order chi connectivity index (χ0) is 15.8. The van der Waals surface area contributed by atoms with Crippen molar-refractivity contribution in [1.82, 2.24) is 10.3 Å². The summed E-state index contributed by atoms with van der Waals surface area (Å²) < 4.78 is 0. The molecule has 7 heteroatoms. The fourth-order valence-corrected chi connectivity index (χ4v) is 3.03. The van der Waals surface area contributed by atoms with Crippen LogP contribution in [-0.2, 0) is 6.42 Å². The van der Waals surface area contributed by atoms with Crippen LogP contribution in [0.1, 0.15) is 47.2 Å². The largest absolute Gasteiger partial charge is 0.347 e. The van der Waals surface area contributed by atoms with E-state index in [-0.39, 0.29) is 36.8 Å². The first-order chi connectivity index (χ1) is 10.7. The summed E-state index contributed by atoms with van der Waals surface area (Å²) in [6.45, 7) is 2.60. The number of hydrogen-bond donors (Lipinski definition) is 2. The molecule has 1 aromatic carbocycles. The molecule has 1 unspecified atom stereocenters. The molecule has 0 fully saturated rings. The first-order valence-electron chi connectivity index (χ1n) is 7.72. The molecule has 0 spiro atoms. The Morgan fingerprint density at radius 1 is 1.29 bits per heavy atom. The molecule has 134 valence electrons. The van der Waals surface area contributed by atoms with Crippen molar-refractivity contribution in [2.45, 2.75) is 38.6 Å². The van der Waals surface area contributed by atoms with Crippen LogP contribution in [0.4, 0.5) is 0 Å². The number of aromatic nitrogens is 1. The van der Waals surface area contributed by atoms with Gasteiger partial charge in [-0.1, -0.05) is 50.1 Å². The maximum Gasteiger partial charge on any atom is 0.271 e. The van der Waals surface area contributed by atoms with Gasteiger partial charge in [-0.15, -0.1) is 36.2 Å². The summed E-state index contributed by atoms with van der Waals surface area (Å²) in [6, 6.07) is 10.2. The summed E-state index contributed by atoms with van der Waals surface area (Å²) in [5, 5.41) is 5.75. The second-order valence-electron chi connectivity index (χ2n) is 5.34. The quantitative estimate of drug-likeness (QED) is 0.720. The number of nitrogens with two attached hydrogens (primary N) is 1. The monoisotopic (exact) mass is 389 g/mol. The van der Waals surface area contributed by atoms with E-state index >= 15 is 0 Å². The minimum Gasteiger partial charge on any atom is -0.347 e. The molecule has 1 heterocycles. The first kappa shape index (κ1) is 22.9. The number of carbonyl (C=O) groups is 1. The number of halogens is 2. The van der Waals surface area contributed by atoms with Crippen molar-refractivity contribution in [3.8, 4) is 0 Å². The predicted molar refractivity (Wildman–Crippen MR) is 106 cm³/mol. The number of thiazole rings is 1. The van der Waals surface area contributed by atoms with Crippen LogP contribution < -0.4 is 11.1 Å². The van der Waals surface area contributed by atoms with Crippen molar-refractivity contribution < 1.29 is 4.79 Å². The van der Waals surface area contributed by atoms with Gasteiger partial charge >= 0.3 is 0 Å². The molecule has 2 aromatic rings. The Balaban J connectivity index is 0.00000264. The van der Waals surface area contributed by atoms with E-state index in [1.165, 1.54) is 16.9 Å². The fourth-order valence-electron chi connectivity index (χ4n) is 2.23. The van der Waals surface area contributed by atoms with E-state index in [2.05, 4.69) is 29.4 Å². The Kier molecular flexibility index (Phi) is 11.7. The van der Waals surface area contributed by atoms with E-state index < -0.39 is 0 Å². The third-order valence-electron chi connectivity index (χ3n) is 3.51. The maximum absolute atomic E-state index is 12.2. The molecule has 0 aliphatic heterocycles. The van der Waals surface area contributed by atoms with Crippen LogP contribution in [-0.4, -0.2) is 23.5 Å². The molecule has 0 saturated carbocycles. The van der Waals surface area contributed by atoms with E-state index in [1.807, 2.05) is 23.6 Å². The van der Waals surface area contributed by atoms with Gasteiger partial charge in [-0.05, 0) is 12.0 Å². The van der Waals surface area contributed by atoms with Crippen LogP contribution in [0.25, 0.3) is 0 Å². The number of hydrogen-bond acceptors (Lipinski definition) is 4. The summed E-state index contributed by atoms with van der Waals surface area (Å²) in [6.07, 6.45) is 3.84. The standard InChI is InChI=1S/C17H23N3OS.2ClH/c1-2-3-9-14(11-18)19-17(21)15-12-22-16(20-15)10-13-7-5-4-6-8-13;;/h4-8,12,14H,2-3,9-11,18H2,1H3,(H,19,21);2*1H. The summed E-state index contributed by atoms with van der Waals surface area (Å²) in [5.74, 6) is -0.123. The van der Waals surface area contributed by atoms with Crippen LogP contribution in [0.2, 0.25) is 0 Å².